The van der Waals surface area contributed by atoms with E-state index in [0.717, 1.165) is 22.6 Å². The lowest BCUT2D eigenvalue weighted by molar-refractivity contribution is 0.544. The van der Waals surface area contributed by atoms with Crippen LogP contribution in [0.5, 0.6) is 0 Å². The zero-order valence-electron chi connectivity index (χ0n) is 10.4. The Labute approximate surface area is 116 Å². The fraction of sp³-hybridized carbons (Fsp3) is 0.667. The van der Waals surface area contributed by atoms with E-state index in [-0.39, 0.29) is 0 Å². The Kier molecular flexibility index (Phi) is 4.55. The Bertz CT molecular complexity index is 346. The van der Waals surface area contributed by atoms with Gasteiger partial charge in [-0.15, -0.1) is 0 Å². The number of halogens is 1. The minimum Gasteiger partial charge on any atom is -0.337 e. The summed E-state index contributed by atoms with van der Waals surface area (Å²) in [6.45, 7) is 6.52. The first kappa shape index (κ1) is 13.0. The first-order valence-electron chi connectivity index (χ1n) is 6.14. The molecule has 1 fully saturated rings. The van der Waals surface area contributed by atoms with Crippen molar-refractivity contribution in [1.29, 1.82) is 0 Å². The molecule has 1 aromatic heterocycles. The van der Waals surface area contributed by atoms with Crippen molar-refractivity contribution in [3.63, 3.8) is 0 Å². The highest BCUT2D eigenvalue weighted by molar-refractivity contribution is 14.1. The van der Waals surface area contributed by atoms with Gasteiger partial charge < -0.3 is 10.2 Å². The summed E-state index contributed by atoms with van der Waals surface area (Å²) in [7, 11) is 0. The van der Waals surface area contributed by atoms with Gasteiger partial charge >= 0.3 is 0 Å². The minimum atomic E-state index is 0.428. The molecule has 1 N–H and O–H groups in total. The van der Waals surface area contributed by atoms with E-state index in [1.54, 1.807) is 0 Å². The van der Waals surface area contributed by atoms with Crippen LogP contribution in [0.1, 0.15) is 26.7 Å². The number of hydrogen-bond acceptors (Lipinski definition) is 4. The van der Waals surface area contributed by atoms with E-state index < -0.39 is 0 Å². The van der Waals surface area contributed by atoms with Gasteiger partial charge in [0.25, 0.3) is 0 Å². The van der Waals surface area contributed by atoms with Crippen LogP contribution in [-0.4, -0.2) is 35.1 Å². The SMILES string of the molecule is CC(C)N(CC1CCCN1)c1ncc(I)cn1. The fourth-order valence-electron chi connectivity index (χ4n) is 2.13. The van der Waals surface area contributed by atoms with Crippen LogP contribution in [0.3, 0.4) is 0 Å². The highest BCUT2D eigenvalue weighted by Gasteiger charge is 2.21. The molecule has 0 aliphatic carbocycles. The normalized spacial score (nSPS) is 19.9. The second-order valence-electron chi connectivity index (χ2n) is 4.74. The largest absolute Gasteiger partial charge is 0.337 e. The third-order valence-electron chi connectivity index (χ3n) is 3.07. The van der Waals surface area contributed by atoms with Gasteiger partial charge in [0, 0.05) is 34.6 Å². The molecule has 94 valence electrons. The summed E-state index contributed by atoms with van der Waals surface area (Å²) in [5.41, 5.74) is 0. The molecule has 0 radical (unpaired) electrons. The van der Waals surface area contributed by atoms with E-state index in [2.05, 4.69) is 56.6 Å². The van der Waals surface area contributed by atoms with E-state index in [4.69, 9.17) is 0 Å². The minimum absolute atomic E-state index is 0.428. The standard InChI is InChI=1S/C12H19IN4/c1-9(2)17(8-11-4-3-5-14-11)12-15-6-10(13)7-16-12/h6-7,9,11,14H,3-5,8H2,1-2H3. The van der Waals surface area contributed by atoms with Crippen molar-refractivity contribution in [2.24, 2.45) is 0 Å². The number of nitrogens with one attached hydrogen (secondary N) is 1. The van der Waals surface area contributed by atoms with E-state index >= 15 is 0 Å². The van der Waals surface area contributed by atoms with Gasteiger partial charge in [0.1, 0.15) is 0 Å². The summed E-state index contributed by atoms with van der Waals surface area (Å²) < 4.78 is 1.08. The zero-order chi connectivity index (χ0) is 12.3. The highest BCUT2D eigenvalue weighted by Crippen LogP contribution is 2.15. The predicted molar refractivity (Wildman–Crippen MR) is 78.3 cm³/mol. The molecule has 4 nitrogen and oxygen atoms in total. The molecule has 1 aliphatic rings. The molecular formula is C12H19IN4. The van der Waals surface area contributed by atoms with Crippen LogP contribution in [0.25, 0.3) is 0 Å². The Morgan fingerprint density at radius 3 is 2.71 bits per heavy atom. The van der Waals surface area contributed by atoms with E-state index in [9.17, 15) is 0 Å². The molecule has 1 atom stereocenters. The average Bonchev–Trinajstić information content (AvgIpc) is 2.80. The quantitative estimate of drug-likeness (QED) is 0.848. The molecular weight excluding hydrogens is 327 g/mol. The van der Waals surface area contributed by atoms with Gasteiger partial charge in [-0.3, -0.25) is 0 Å². The number of nitrogens with zero attached hydrogens (tertiary/aromatic N) is 3. The molecule has 1 unspecified atom stereocenters. The number of aromatic nitrogens is 2. The molecule has 2 heterocycles. The third-order valence-corrected chi connectivity index (χ3v) is 3.62. The van der Waals surface area contributed by atoms with E-state index in [0.29, 0.717) is 12.1 Å². The lowest BCUT2D eigenvalue weighted by Gasteiger charge is -2.29. The monoisotopic (exact) mass is 346 g/mol. The lowest BCUT2D eigenvalue weighted by atomic mass is 10.2. The van der Waals surface area contributed by atoms with Crippen molar-refractivity contribution < 1.29 is 0 Å². The Hall–Kier alpha value is -0.430. The van der Waals surface area contributed by atoms with Crippen molar-refractivity contribution in [3.05, 3.63) is 16.0 Å². The third kappa shape index (κ3) is 3.51. The molecule has 0 amide bonds. The molecule has 5 heteroatoms. The summed E-state index contributed by atoms with van der Waals surface area (Å²) in [6.07, 6.45) is 6.29. The lowest BCUT2D eigenvalue weighted by Crippen LogP contribution is -2.42. The van der Waals surface area contributed by atoms with Gasteiger partial charge in [0.05, 0.1) is 0 Å². The zero-order valence-corrected chi connectivity index (χ0v) is 12.5. The number of rotatable bonds is 4. The molecule has 1 aromatic rings. The van der Waals surface area contributed by atoms with Crippen molar-refractivity contribution in [2.45, 2.75) is 38.8 Å². The summed E-state index contributed by atoms with van der Waals surface area (Å²) in [5, 5.41) is 3.52. The highest BCUT2D eigenvalue weighted by atomic mass is 127. The van der Waals surface area contributed by atoms with Crippen LogP contribution in [-0.2, 0) is 0 Å². The number of anilines is 1. The molecule has 0 spiro atoms. The van der Waals surface area contributed by atoms with Gasteiger partial charge in [-0.1, -0.05) is 0 Å². The van der Waals surface area contributed by atoms with Gasteiger partial charge in [-0.25, -0.2) is 9.97 Å². The van der Waals surface area contributed by atoms with Crippen LogP contribution >= 0.6 is 22.6 Å². The fourth-order valence-corrected chi connectivity index (χ4v) is 2.41. The molecule has 0 saturated carbocycles. The van der Waals surface area contributed by atoms with Crippen molar-refractivity contribution in [3.8, 4) is 0 Å². The van der Waals surface area contributed by atoms with Gasteiger partial charge in [0.15, 0.2) is 0 Å². The summed E-state index contributed by atoms with van der Waals surface area (Å²) >= 11 is 2.23. The van der Waals surface area contributed by atoms with Crippen LogP contribution in [0, 0.1) is 3.57 Å². The summed E-state index contributed by atoms with van der Waals surface area (Å²) in [5.74, 6) is 0.842. The number of hydrogen-bond donors (Lipinski definition) is 1. The first-order valence-corrected chi connectivity index (χ1v) is 7.22. The van der Waals surface area contributed by atoms with Crippen LogP contribution < -0.4 is 10.2 Å². The van der Waals surface area contributed by atoms with Crippen LogP contribution in [0.15, 0.2) is 12.4 Å². The van der Waals surface area contributed by atoms with Crippen molar-refractivity contribution in [2.75, 3.05) is 18.0 Å². The summed E-state index contributed by atoms with van der Waals surface area (Å²) in [6, 6.07) is 1.01. The van der Waals surface area contributed by atoms with E-state index in [1.807, 2.05) is 12.4 Å². The molecule has 1 aliphatic heterocycles. The second-order valence-corrected chi connectivity index (χ2v) is 5.99. The van der Waals surface area contributed by atoms with Crippen LogP contribution in [0.4, 0.5) is 5.95 Å². The average molecular weight is 346 g/mol. The maximum Gasteiger partial charge on any atom is 0.225 e. The molecule has 17 heavy (non-hydrogen) atoms. The Morgan fingerprint density at radius 2 is 2.18 bits per heavy atom. The first-order chi connectivity index (χ1) is 8.16. The van der Waals surface area contributed by atoms with Crippen molar-refractivity contribution >= 4 is 28.5 Å². The molecule has 0 bridgehead atoms. The topological polar surface area (TPSA) is 41.0 Å². The van der Waals surface area contributed by atoms with E-state index in [1.165, 1.54) is 12.8 Å². The van der Waals surface area contributed by atoms with Gasteiger partial charge in [-0.2, -0.15) is 0 Å². The summed E-state index contributed by atoms with van der Waals surface area (Å²) in [4.78, 5) is 11.1. The molecule has 2 rings (SSSR count). The maximum absolute atomic E-state index is 4.42. The predicted octanol–water partition coefficient (Wildman–Crippen LogP) is 2.05. The molecule has 0 aromatic carbocycles. The van der Waals surface area contributed by atoms with Gasteiger partial charge in [-0.05, 0) is 55.8 Å². The van der Waals surface area contributed by atoms with Crippen LogP contribution in [0.2, 0.25) is 0 Å². The maximum atomic E-state index is 4.42. The molecule has 1 saturated heterocycles. The second kappa shape index (κ2) is 5.95. The van der Waals surface area contributed by atoms with Gasteiger partial charge in [0.2, 0.25) is 5.95 Å². The van der Waals surface area contributed by atoms with Crippen molar-refractivity contribution in [1.82, 2.24) is 15.3 Å². The smallest absolute Gasteiger partial charge is 0.225 e. The Morgan fingerprint density at radius 1 is 1.47 bits per heavy atom. The Balaban J connectivity index is 2.08.